The van der Waals surface area contributed by atoms with E-state index in [0.29, 0.717) is 0 Å². The van der Waals surface area contributed by atoms with Crippen molar-refractivity contribution in [2.24, 2.45) is 4.99 Å². The number of ether oxygens (including phenoxy) is 1. The van der Waals surface area contributed by atoms with Gasteiger partial charge in [0.05, 0.1) is 13.2 Å². The Labute approximate surface area is 156 Å². The van der Waals surface area contributed by atoms with Crippen LogP contribution < -0.4 is 10.6 Å². The number of rotatable bonds is 6. The van der Waals surface area contributed by atoms with Gasteiger partial charge in [-0.05, 0) is 32.6 Å². The predicted octanol–water partition coefficient (Wildman–Crippen LogP) is 1.52. The summed E-state index contributed by atoms with van der Waals surface area (Å²) in [6, 6.07) is 0. The maximum absolute atomic E-state index is 12.0. The molecular formula is C16H29IN4O2. The molecule has 0 bridgehead atoms. The summed E-state index contributed by atoms with van der Waals surface area (Å²) in [7, 11) is 0. The van der Waals surface area contributed by atoms with Crippen LogP contribution in [0.1, 0.15) is 32.6 Å². The Bertz CT molecular complexity index is 420. The number of nitrogens with zero attached hydrogens (tertiary/aromatic N) is 2. The van der Waals surface area contributed by atoms with Crippen molar-refractivity contribution >= 4 is 35.8 Å². The largest absolute Gasteiger partial charge is 0.377 e. The lowest BCUT2D eigenvalue weighted by Crippen LogP contribution is -2.39. The van der Waals surface area contributed by atoms with Gasteiger partial charge < -0.3 is 20.3 Å². The van der Waals surface area contributed by atoms with Crippen molar-refractivity contribution in [3.8, 4) is 0 Å². The number of hydrogen-bond acceptors (Lipinski definition) is 3. The number of aliphatic imine (C=N–C) groups is 1. The number of nitrogens with one attached hydrogen (secondary N) is 2. The van der Waals surface area contributed by atoms with Gasteiger partial charge in [0.15, 0.2) is 5.96 Å². The van der Waals surface area contributed by atoms with Gasteiger partial charge in [0.2, 0.25) is 5.91 Å². The van der Waals surface area contributed by atoms with Crippen LogP contribution in [0.2, 0.25) is 0 Å². The molecule has 2 N–H and O–H groups in total. The molecule has 2 aliphatic rings. The van der Waals surface area contributed by atoms with Gasteiger partial charge in [-0.1, -0.05) is 11.6 Å². The molecule has 23 heavy (non-hydrogen) atoms. The summed E-state index contributed by atoms with van der Waals surface area (Å²) in [5.74, 6) is 0.851. The molecule has 0 radical (unpaired) electrons. The van der Waals surface area contributed by atoms with Crippen LogP contribution in [0.25, 0.3) is 0 Å². The van der Waals surface area contributed by atoms with E-state index in [2.05, 4.69) is 21.7 Å². The highest BCUT2D eigenvalue weighted by Crippen LogP contribution is 2.10. The third kappa shape index (κ3) is 7.52. The Balaban J connectivity index is 0.00000264. The lowest BCUT2D eigenvalue weighted by molar-refractivity contribution is -0.128. The van der Waals surface area contributed by atoms with Crippen molar-refractivity contribution in [2.45, 2.75) is 32.6 Å². The summed E-state index contributed by atoms with van der Waals surface area (Å²) < 4.78 is 5.30. The molecule has 2 aliphatic heterocycles. The molecule has 0 spiro atoms. The second kappa shape index (κ2) is 11.7. The molecule has 0 aliphatic carbocycles. The Morgan fingerprint density at radius 3 is 2.78 bits per heavy atom. The minimum absolute atomic E-state index is 0. The molecule has 0 aromatic carbocycles. The van der Waals surface area contributed by atoms with Crippen LogP contribution >= 0.6 is 24.0 Å². The minimum Gasteiger partial charge on any atom is -0.377 e. The maximum atomic E-state index is 12.0. The van der Waals surface area contributed by atoms with Crippen molar-refractivity contribution in [1.82, 2.24) is 15.5 Å². The molecule has 7 heteroatoms. The van der Waals surface area contributed by atoms with Gasteiger partial charge in [0.1, 0.15) is 6.54 Å². The van der Waals surface area contributed by atoms with Crippen LogP contribution in [0.3, 0.4) is 0 Å². The highest BCUT2D eigenvalue weighted by molar-refractivity contribution is 14.0. The molecule has 1 saturated heterocycles. The molecule has 0 saturated carbocycles. The Hall–Kier alpha value is -0.830. The van der Waals surface area contributed by atoms with Crippen molar-refractivity contribution in [3.63, 3.8) is 0 Å². The Morgan fingerprint density at radius 2 is 2.13 bits per heavy atom. The van der Waals surface area contributed by atoms with Gasteiger partial charge in [0, 0.05) is 26.2 Å². The molecule has 0 atom stereocenters. The maximum Gasteiger partial charge on any atom is 0.244 e. The number of guanidine groups is 1. The standard InChI is InChI=1S/C16H28N4O2.HI/c1-2-17-16(18-8-5-14-6-11-22-12-7-14)19-13-15(21)20-9-3-4-10-20;/h6H,2-5,7-13H2,1H3,(H2,17,18,19);1H. The van der Waals surface area contributed by atoms with Crippen LogP contribution in [0.4, 0.5) is 0 Å². The summed E-state index contributed by atoms with van der Waals surface area (Å²) >= 11 is 0. The fraction of sp³-hybridized carbons (Fsp3) is 0.750. The van der Waals surface area contributed by atoms with Gasteiger partial charge in [-0.2, -0.15) is 0 Å². The first-order valence-corrected chi connectivity index (χ1v) is 8.35. The highest BCUT2D eigenvalue weighted by Gasteiger charge is 2.17. The van der Waals surface area contributed by atoms with Crippen molar-refractivity contribution < 1.29 is 9.53 Å². The Morgan fingerprint density at radius 1 is 1.35 bits per heavy atom. The average molecular weight is 436 g/mol. The van der Waals surface area contributed by atoms with Gasteiger partial charge >= 0.3 is 0 Å². The van der Waals surface area contributed by atoms with E-state index in [1.807, 2.05) is 11.8 Å². The van der Waals surface area contributed by atoms with E-state index >= 15 is 0 Å². The van der Waals surface area contributed by atoms with E-state index < -0.39 is 0 Å². The van der Waals surface area contributed by atoms with Crippen LogP contribution in [-0.2, 0) is 9.53 Å². The minimum atomic E-state index is 0. The van der Waals surface area contributed by atoms with Crippen LogP contribution in [0.15, 0.2) is 16.6 Å². The predicted molar refractivity (Wildman–Crippen MR) is 103 cm³/mol. The van der Waals surface area contributed by atoms with E-state index in [0.717, 1.165) is 71.0 Å². The molecule has 0 aromatic rings. The highest BCUT2D eigenvalue weighted by atomic mass is 127. The quantitative estimate of drug-likeness (QED) is 0.287. The summed E-state index contributed by atoms with van der Waals surface area (Å²) in [4.78, 5) is 18.3. The normalized spacial score (nSPS) is 18.2. The zero-order valence-corrected chi connectivity index (χ0v) is 16.3. The van der Waals surface area contributed by atoms with Gasteiger partial charge in [0.25, 0.3) is 0 Å². The van der Waals surface area contributed by atoms with Crippen molar-refractivity contribution in [3.05, 3.63) is 11.6 Å². The Kier molecular flexibility index (Phi) is 10.3. The lowest BCUT2D eigenvalue weighted by atomic mass is 10.1. The first kappa shape index (κ1) is 20.2. The third-order valence-corrected chi connectivity index (χ3v) is 3.97. The number of carbonyl (C=O) groups excluding carboxylic acids is 1. The summed E-state index contributed by atoms with van der Waals surface area (Å²) in [5.41, 5.74) is 1.43. The summed E-state index contributed by atoms with van der Waals surface area (Å²) in [6.07, 6.45) is 6.40. The average Bonchev–Trinajstić information content (AvgIpc) is 3.08. The molecule has 132 valence electrons. The van der Waals surface area contributed by atoms with Crippen LogP contribution in [0.5, 0.6) is 0 Å². The topological polar surface area (TPSA) is 66.0 Å². The first-order chi connectivity index (χ1) is 10.8. The van der Waals surface area contributed by atoms with Gasteiger partial charge in [-0.25, -0.2) is 4.99 Å². The third-order valence-electron chi connectivity index (χ3n) is 3.97. The van der Waals surface area contributed by atoms with E-state index in [1.165, 1.54) is 5.57 Å². The van der Waals surface area contributed by atoms with Crippen molar-refractivity contribution in [1.29, 1.82) is 0 Å². The number of likely N-dealkylation sites (tertiary alicyclic amines) is 1. The summed E-state index contributed by atoms with van der Waals surface area (Å²) in [5, 5.41) is 6.49. The zero-order valence-electron chi connectivity index (χ0n) is 14.0. The number of halogens is 1. The number of hydrogen-bond donors (Lipinski definition) is 2. The number of carbonyl (C=O) groups is 1. The fourth-order valence-electron chi connectivity index (χ4n) is 2.69. The van der Waals surface area contributed by atoms with E-state index in [1.54, 1.807) is 0 Å². The monoisotopic (exact) mass is 436 g/mol. The molecule has 1 amide bonds. The lowest BCUT2D eigenvalue weighted by Gasteiger charge is -2.16. The number of amides is 1. The molecule has 2 rings (SSSR count). The molecule has 0 unspecified atom stereocenters. The second-order valence-electron chi connectivity index (χ2n) is 5.65. The molecule has 1 fully saturated rings. The second-order valence-corrected chi connectivity index (χ2v) is 5.65. The van der Waals surface area contributed by atoms with E-state index in [9.17, 15) is 4.79 Å². The fourth-order valence-corrected chi connectivity index (χ4v) is 2.69. The molecule has 0 aromatic heterocycles. The van der Waals surface area contributed by atoms with E-state index in [4.69, 9.17) is 4.74 Å². The van der Waals surface area contributed by atoms with E-state index in [-0.39, 0.29) is 36.4 Å². The van der Waals surface area contributed by atoms with Crippen LogP contribution in [0, 0.1) is 0 Å². The molecule has 6 nitrogen and oxygen atoms in total. The first-order valence-electron chi connectivity index (χ1n) is 8.35. The smallest absolute Gasteiger partial charge is 0.244 e. The summed E-state index contributed by atoms with van der Waals surface area (Å²) in [6.45, 7) is 7.20. The van der Waals surface area contributed by atoms with Gasteiger partial charge in [-0.3, -0.25) is 4.79 Å². The SMILES string of the molecule is CCNC(=NCC(=O)N1CCCC1)NCCC1=CCOCC1.I. The molecular weight excluding hydrogens is 407 g/mol. The van der Waals surface area contributed by atoms with Crippen LogP contribution in [-0.4, -0.2) is 62.7 Å². The zero-order chi connectivity index (χ0) is 15.6. The van der Waals surface area contributed by atoms with Gasteiger partial charge in [-0.15, -0.1) is 24.0 Å². The van der Waals surface area contributed by atoms with Crippen molar-refractivity contribution in [2.75, 3.05) is 45.9 Å². The molecule has 2 heterocycles.